The van der Waals surface area contributed by atoms with Crippen LogP contribution in [0.5, 0.6) is 5.75 Å². The van der Waals surface area contributed by atoms with Crippen molar-refractivity contribution in [2.75, 3.05) is 19.9 Å². The topological polar surface area (TPSA) is 107 Å². The van der Waals surface area contributed by atoms with Crippen LogP contribution in [-0.2, 0) is 19.8 Å². The van der Waals surface area contributed by atoms with E-state index in [1.54, 1.807) is 20.8 Å². The number of rotatable bonds is 7. The van der Waals surface area contributed by atoms with Crippen molar-refractivity contribution in [2.45, 2.75) is 64.8 Å². The Morgan fingerprint density at radius 3 is 2.40 bits per heavy atom. The highest BCUT2D eigenvalue weighted by Crippen LogP contribution is 2.42. The molecular weight excluding hydrogens is 495 g/mol. The summed E-state index contributed by atoms with van der Waals surface area (Å²) in [6.45, 7) is 9.27. The lowest BCUT2D eigenvalue weighted by Crippen LogP contribution is -2.47. The summed E-state index contributed by atoms with van der Waals surface area (Å²) in [4.78, 5) is 17.2. The number of aliphatic hydroxyl groups excluding tert-OH is 1. The van der Waals surface area contributed by atoms with E-state index >= 15 is 0 Å². The van der Waals surface area contributed by atoms with Gasteiger partial charge in [0, 0.05) is 10.6 Å². The summed E-state index contributed by atoms with van der Waals surface area (Å²) in [6.07, 6.45) is -6.50. The molecule has 1 aliphatic heterocycles. The van der Waals surface area contributed by atoms with Crippen molar-refractivity contribution in [3.05, 3.63) is 39.1 Å². The van der Waals surface area contributed by atoms with E-state index in [-0.39, 0.29) is 29.4 Å². The van der Waals surface area contributed by atoms with Gasteiger partial charge in [-0.15, -0.1) is 5.01 Å². The molecule has 0 saturated heterocycles. The van der Waals surface area contributed by atoms with Gasteiger partial charge in [0.25, 0.3) is 6.79 Å². The van der Waals surface area contributed by atoms with Crippen LogP contribution in [0.3, 0.4) is 0 Å². The van der Waals surface area contributed by atoms with Crippen LogP contribution in [0, 0.1) is 5.21 Å². The Labute approximate surface area is 206 Å². The number of hydrogen-bond acceptors (Lipinski definition) is 7. The number of β-amino-alcohol motifs (C(OH)–C–C–N with tert-alkyl or cyclic N) is 1. The van der Waals surface area contributed by atoms with Crippen LogP contribution in [0.15, 0.2) is 23.0 Å². The lowest BCUT2D eigenvalue weighted by molar-refractivity contribution is -0.726. The highest BCUT2D eigenvalue weighted by molar-refractivity contribution is 6.31. The van der Waals surface area contributed by atoms with Crippen LogP contribution in [0.25, 0.3) is 6.08 Å². The molecule has 0 fully saturated rings. The van der Waals surface area contributed by atoms with E-state index in [4.69, 9.17) is 26.2 Å². The van der Waals surface area contributed by atoms with Gasteiger partial charge in [-0.2, -0.15) is 13.2 Å². The third kappa shape index (κ3) is 7.14. The summed E-state index contributed by atoms with van der Waals surface area (Å²) < 4.78 is 51.0. The number of carbonyl (C=O) groups excluding carboxylic acids is 1. The molecule has 13 heteroatoms. The second-order valence-corrected chi connectivity index (χ2v) is 10.2. The molecule has 35 heavy (non-hydrogen) atoms. The molecule has 9 nitrogen and oxygen atoms in total. The number of hydrazine groups is 1. The molecular formula is C22H29ClF3N3O6. The maximum atomic E-state index is 13.7. The molecule has 1 aromatic carbocycles. The van der Waals surface area contributed by atoms with Gasteiger partial charge < -0.3 is 24.6 Å². The quantitative estimate of drug-likeness (QED) is 0.137. The van der Waals surface area contributed by atoms with E-state index in [9.17, 15) is 23.2 Å². The Balaban J connectivity index is 2.23. The smallest absolute Gasteiger partial charge is 0.430 e. The summed E-state index contributed by atoms with van der Waals surface area (Å²) in [7, 11) is 0. The Bertz CT molecular complexity index is 1000. The number of halogens is 4. The third-order valence-electron chi connectivity index (χ3n) is 4.94. The minimum atomic E-state index is -4.92. The largest absolute Gasteiger partial charge is 0.569 e. The van der Waals surface area contributed by atoms with Crippen molar-refractivity contribution in [1.82, 2.24) is 5.01 Å². The van der Waals surface area contributed by atoms with Crippen LogP contribution < -0.4 is 4.74 Å². The average Bonchev–Trinajstić information content (AvgIpc) is 2.71. The highest BCUT2D eigenvalue weighted by Gasteiger charge is 2.49. The number of carbonyl (C=O) groups is 1. The summed E-state index contributed by atoms with van der Waals surface area (Å²) in [5, 5.41) is 25.8. The number of aliphatic hydroxyl groups is 1. The summed E-state index contributed by atoms with van der Waals surface area (Å²) in [5.41, 5.74) is -1.23. The van der Waals surface area contributed by atoms with Crippen LogP contribution in [0.4, 0.5) is 13.2 Å². The number of benzene rings is 1. The number of alkyl halides is 3. The van der Waals surface area contributed by atoms with Crippen LogP contribution in [0.2, 0.25) is 5.02 Å². The summed E-state index contributed by atoms with van der Waals surface area (Å²) >= 11 is 6.30. The van der Waals surface area contributed by atoms with E-state index in [1.807, 2.05) is 20.8 Å². The predicted octanol–water partition coefficient (Wildman–Crippen LogP) is 4.75. The zero-order valence-electron chi connectivity index (χ0n) is 20.3. The van der Waals surface area contributed by atoms with Gasteiger partial charge in [-0.05, 0) is 50.0 Å². The lowest BCUT2D eigenvalue weighted by atomic mass is 9.85. The number of esters is 1. The zero-order valence-corrected chi connectivity index (χ0v) is 21.0. The van der Waals surface area contributed by atoms with Gasteiger partial charge in [-0.1, -0.05) is 32.4 Å². The van der Waals surface area contributed by atoms with Crippen molar-refractivity contribution in [2.24, 2.45) is 5.28 Å². The van der Waals surface area contributed by atoms with Crippen molar-refractivity contribution >= 4 is 23.6 Å². The number of nitrogens with zero attached hydrogens (tertiary/aromatic N) is 3. The minimum Gasteiger partial charge on any atom is -0.569 e. The fourth-order valence-corrected chi connectivity index (χ4v) is 3.71. The van der Waals surface area contributed by atoms with Crippen LogP contribution in [0.1, 0.15) is 52.7 Å². The molecule has 1 aliphatic rings. The standard InChI is InChI=1S/C22H29ClF3N3O6/c1-20(2,3)15-11-17-13(10-16(15)23)9-14(18(35-17)22(24,25)26)19(31)33-12-34-27-29(32)28(7-8-30)21(4,5)6/h9-11,18,30H,7-8,12H2,1-6H3/b29-27-/t18-/m0/s1. The van der Waals surface area contributed by atoms with Gasteiger partial charge in [0.2, 0.25) is 11.4 Å². The molecule has 0 unspecified atom stereocenters. The maximum Gasteiger partial charge on any atom is 0.430 e. The number of fused-ring (bicyclic) bond motifs is 1. The molecule has 0 radical (unpaired) electrons. The molecule has 0 aliphatic carbocycles. The van der Waals surface area contributed by atoms with E-state index in [1.165, 1.54) is 12.1 Å². The SMILES string of the molecule is CC(C)(C)c1cc2c(cc1Cl)C=C(C(=O)OCO/N=[N+](\[O-])N(CCO)C(C)(C)C)[C@@H](C(F)(F)F)O2. The molecule has 0 amide bonds. The first kappa shape index (κ1) is 28.5. The van der Waals surface area contributed by atoms with Crippen LogP contribution in [-0.4, -0.2) is 58.8 Å². The molecule has 0 bridgehead atoms. The maximum absolute atomic E-state index is 13.7. The molecule has 0 saturated carbocycles. The fourth-order valence-electron chi connectivity index (χ4n) is 3.25. The van der Waals surface area contributed by atoms with Gasteiger partial charge >= 0.3 is 12.1 Å². The zero-order chi connectivity index (χ0) is 26.8. The van der Waals surface area contributed by atoms with Gasteiger partial charge in [0.05, 0.1) is 22.7 Å². The van der Waals surface area contributed by atoms with E-state index < -0.39 is 41.6 Å². The predicted molar refractivity (Wildman–Crippen MR) is 120 cm³/mol. The van der Waals surface area contributed by atoms with Gasteiger partial charge in [0.1, 0.15) is 12.3 Å². The summed E-state index contributed by atoms with van der Waals surface area (Å²) in [5.74, 6) is -1.44. The molecule has 0 spiro atoms. The van der Waals surface area contributed by atoms with Crippen LogP contribution >= 0.6 is 11.6 Å². The fraction of sp³-hybridized carbons (Fsp3) is 0.591. The Morgan fingerprint density at radius 1 is 1.26 bits per heavy atom. The minimum absolute atomic E-state index is 0.0522. The Kier molecular flexibility index (Phi) is 8.54. The van der Waals surface area contributed by atoms with Gasteiger partial charge in [-0.3, -0.25) is 0 Å². The second-order valence-electron chi connectivity index (χ2n) is 9.79. The molecule has 0 aromatic heterocycles. The molecule has 196 valence electrons. The van der Waals surface area contributed by atoms with Crippen molar-refractivity contribution in [3.8, 4) is 5.75 Å². The number of hydrogen-bond donors (Lipinski definition) is 1. The first-order valence-corrected chi connectivity index (χ1v) is 11.0. The molecule has 1 heterocycles. The highest BCUT2D eigenvalue weighted by atomic mass is 35.5. The number of ether oxygens (including phenoxy) is 2. The Hall–Kier alpha value is -2.73. The molecule has 1 N–H and O–H groups in total. The van der Waals surface area contributed by atoms with Crippen molar-refractivity contribution < 1.29 is 42.4 Å². The van der Waals surface area contributed by atoms with Crippen molar-refractivity contribution in [3.63, 3.8) is 0 Å². The molecule has 2 rings (SSSR count). The molecule has 1 aromatic rings. The lowest BCUT2D eigenvalue weighted by Gasteiger charge is -2.30. The van der Waals surface area contributed by atoms with E-state index in [0.29, 0.717) is 10.6 Å². The summed E-state index contributed by atoms with van der Waals surface area (Å²) in [6, 6.07) is 2.84. The Morgan fingerprint density at radius 2 is 1.89 bits per heavy atom. The van der Waals surface area contributed by atoms with Crippen molar-refractivity contribution in [1.29, 1.82) is 0 Å². The normalized spacial score (nSPS) is 16.7. The van der Waals surface area contributed by atoms with E-state index in [0.717, 1.165) is 11.1 Å². The first-order valence-electron chi connectivity index (χ1n) is 10.6. The average molecular weight is 524 g/mol. The monoisotopic (exact) mass is 523 g/mol. The van der Waals surface area contributed by atoms with Gasteiger partial charge in [0.15, 0.2) is 0 Å². The second kappa shape index (κ2) is 10.5. The van der Waals surface area contributed by atoms with Gasteiger partial charge in [-0.25, -0.2) is 4.79 Å². The first-order chi connectivity index (χ1) is 16.0. The van der Waals surface area contributed by atoms with E-state index in [2.05, 4.69) is 10.1 Å². The third-order valence-corrected chi connectivity index (χ3v) is 5.25. The molecule has 1 atom stereocenters.